The molecule has 0 atom stereocenters. The summed E-state index contributed by atoms with van der Waals surface area (Å²) >= 11 is 0. The molecule has 1 aromatic carbocycles. The molecule has 0 radical (unpaired) electrons. The SMILES string of the molecule is CC(C)(C)OC(=O)N(C(=O)O)c1cccc(F)c1[N+](=O)[O-]. The molecule has 9 heteroatoms. The molecule has 1 N–H and O–H groups in total. The fourth-order valence-electron chi connectivity index (χ4n) is 1.45. The summed E-state index contributed by atoms with van der Waals surface area (Å²) in [6.45, 7) is 4.47. The number of nitrogens with zero attached hydrogens (tertiary/aromatic N) is 2. The van der Waals surface area contributed by atoms with Gasteiger partial charge >= 0.3 is 17.9 Å². The van der Waals surface area contributed by atoms with Gasteiger partial charge in [0.1, 0.15) is 11.3 Å². The van der Waals surface area contributed by atoms with Crippen LogP contribution in [-0.4, -0.2) is 27.8 Å². The van der Waals surface area contributed by atoms with Crippen molar-refractivity contribution in [3.05, 3.63) is 34.1 Å². The molecule has 0 bridgehead atoms. The molecule has 0 heterocycles. The number of carbonyl (C=O) groups is 2. The maximum absolute atomic E-state index is 13.5. The zero-order valence-electron chi connectivity index (χ0n) is 11.5. The minimum absolute atomic E-state index is 0.00748. The molecular formula is C12H13FN2O6. The van der Waals surface area contributed by atoms with Crippen molar-refractivity contribution in [3.63, 3.8) is 0 Å². The lowest BCUT2D eigenvalue weighted by molar-refractivity contribution is -0.386. The number of hydrogen-bond acceptors (Lipinski definition) is 5. The second-order valence-corrected chi connectivity index (χ2v) is 4.96. The third kappa shape index (κ3) is 3.88. The summed E-state index contributed by atoms with van der Waals surface area (Å²) in [5, 5.41) is 19.9. The lowest BCUT2D eigenvalue weighted by Gasteiger charge is -2.24. The summed E-state index contributed by atoms with van der Waals surface area (Å²) in [5.74, 6) is -1.26. The van der Waals surface area contributed by atoms with E-state index in [4.69, 9.17) is 9.84 Å². The second kappa shape index (κ2) is 5.73. The molecule has 0 fully saturated rings. The van der Waals surface area contributed by atoms with Crippen LogP contribution < -0.4 is 4.90 Å². The van der Waals surface area contributed by atoms with Gasteiger partial charge in [0, 0.05) is 0 Å². The van der Waals surface area contributed by atoms with Crippen LogP contribution in [0.5, 0.6) is 0 Å². The van der Waals surface area contributed by atoms with Gasteiger partial charge in [0.05, 0.1) is 4.92 Å². The number of imide groups is 1. The number of carboxylic acid groups (broad SMARTS) is 1. The smallest absolute Gasteiger partial charge is 0.424 e. The normalized spacial score (nSPS) is 10.9. The van der Waals surface area contributed by atoms with Crippen LogP contribution in [0.15, 0.2) is 18.2 Å². The zero-order valence-corrected chi connectivity index (χ0v) is 11.5. The van der Waals surface area contributed by atoms with Crippen LogP contribution in [0.1, 0.15) is 20.8 Å². The lowest BCUT2D eigenvalue weighted by Crippen LogP contribution is -2.40. The predicted molar refractivity (Wildman–Crippen MR) is 69.8 cm³/mol. The van der Waals surface area contributed by atoms with E-state index in [9.17, 15) is 24.1 Å². The molecule has 0 saturated carbocycles. The van der Waals surface area contributed by atoms with Crippen LogP contribution in [-0.2, 0) is 4.74 Å². The number of benzene rings is 1. The van der Waals surface area contributed by atoms with Gasteiger partial charge in [-0.1, -0.05) is 6.07 Å². The maximum Gasteiger partial charge on any atom is 0.424 e. The van der Waals surface area contributed by atoms with Crippen molar-refractivity contribution >= 4 is 23.6 Å². The summed E-state index contributed by atoms with van der Waals surface area (Å²) in [6, 6.07) is 2.79. The van der Waals surface area contributed by atoms with Gasteiger partial charge in [0.25, 0.3) is 0 Å². The van der Waals surface area contributed by atoms with E-state index in [-0.39, 0.29) is 4.90 Å². The van der Waals surface area contributed by atoms with Crippen molar-refractivity contribution in [2.24, 2.45) is 0 Å². The fourth-order valence-corrected chi connectivity index (χ4v) is 1.45. The lowest BCUT2D eigenvalue weighted by atomic mass is 10.2. The number of para-hydroxylation sites is 1. The van der Waals surface area contributed by atoms with Gasteiger partial charge < -0.3 is 9.84 Å². The molecule has 21 heavy (non-hydrogen) atoms. The first-order valence-corrected chi connectivity index (χ1v) is 5.73. The number of nitro groups is 1. The monoisotopic (exact) mass is 300 g/mol. The van der Waals surface area contributed by atoms with Crippen molar-refractivity contribution in [2.45, 2.75) is 26.4 Å². The van der Waals surface area contributed by atoms with E-state index in [0.717, 1.165) is 18.2 Å². The van der Waals surface area contributed by atoms with Gasteiger partial charge in [-0.3, -0.25) is 10.1 Å². The van der Waals surface area contributed by atoms with Gasteiger partial charge in [-0.15, -0.1) is 0 Å². The number of carbonyl (C=O) groups excluding carboxylic acids is 1. The Labute approximate surface area is 118 Å². The standard InChI is InChI=1S/C12H13FN2O6/c1-12(2,3)21-11(18)14(10(16)17)8-6-4-5-7(13)9(8)15(19)20/h4-6H,1-3H3,(H,16,17). The maximum atomic E-state index is 13.5. The highest BCUT2D eigenvalue weighted by Gasteiger charge is 2.35. The van der Waals surface area contributed by atoms with Crippen molar-refractivity contribution < 1.29 is 28.7 Å². The van der Waals surface area contributed by atoms with Crippen LogP contribution in [0.2, 0.25) is 0 Å². The average Bonchev–Trinajstić information content (AvgIpc) is 2.25. The van der Waals surface area contributed by atoms with E-state index in [2.05, 4.69) is 0 Å². The van der Waals surface area contributed by atoms with E-state index in [1.165, 1.54) is 20.8 Å². The van der Waals surface area contributed by atoms with Crippen molar-refractivity contribution in [3.8, 4) is 0 Å². The molecule has 114 valence electrons. The number of hydrogen-bond donors (Lipinski definition) is 1. The Morgan fingerprint density at radius 3 is 2.38 bits per heavy atom. The number of halogens is 1. The quantitative estimate of drug-likeness (QED) is 0.663. The van der Waals surface area contributed by atoms with Crippen LogP contribution in [0.25, 0.3) is 0 Å². The molecule has 0 aliphatic rings. The van der Waals surface area contributed by atoms with E-state index in [1.807, 2.05) is 0 Å². The van der Waals surface area contributed by atoms with E-state index in [1.54, 1.807) is 0 Å². The number of ether oxygens (including phenoxy) is 1. The first kappa shape index (κ1) is 16.3. The first-order chi connectivity index (χ1) is 9.54. The molecule has 0 saturated heterocycles. The number of rotatable bonds is 2. The largest absolute Gasteiger partial charge is 0.464 e. The van der Waals surface area contributed by atoms with Crippen LogP contribution >= 0.6 is 0 Å². The van der Waals surface area contributed by atoms with Crippen molar-refractivity contribution in [1.29, 1.82) is 0 Å². The average molecular weight is 300 g/mol. The highest BCUT2D eigenvalue weighted by molar-refractivity contribution is 6.10. The molecule has 0 aromatic heterocycles. The Morgan fingerprint density at radius 2 is 1.95 bits per heavy atom. The summed E-state index contributed by atoms with van der Waals surface area (Å²) in [4.78, 5) is 32.8. The molecular weight excluding hydrogens is 287 g/mol. The summed E-state index contributed by atoms with van der Waals surface area (Å²) in [5.41, 5.74) is -2.86. The zero-order chi connectivity index (χ0) is 16.4. The minimum Gasteiger partial charge on any atom is -0.464 e. The number of nitro benzene ring substituents is 1. The van der Waals surface area contributed by atoms with Gasteiger partial charge in [0.2, 0.25) is 5.82 Å². The van der Waals surface area contributed by atoms with E-state index in [0.29, 0.717) is 0 Å². The Bertz CT molecular complexity index is 596. The topological polar surface area (TPSA) is 110 Å². The van der Waals surface area contributed by atoms with Gasteiger partial charge in [-0.2, -0.15) is 9.29 Å². The molecule has 0 spiro atoms. The van der Waals surface area contributed by atoms with Crippen LogP contribution in [0.3, 0.4) is 0 Å². The molecule has 1 aromatic rings. The Morgan fingerprint density at radius 1 is 1.38 bits per heavy atom. The van der Waals surface area contributed by atoms with E-state index >= 15 is 0 Å². The van der Waals surface area contributed by atoms with Crippen molar-refractivity contribution in [2.75, 3.05) is 4.90 Å². The molecule has 0 unspecified atom stereocenters. The molecule has 1 rings (SSSR count). The Balaban J connectivity index is 3.38. The highest BCUT2D eigenvalue weighted by atomic mass is 19.1. The first-order valence-electron chi connectivity index (χ1n) is 5.73. The van der Waals surface area contributed by atoms with Gasteiger partial charge in [-0.25, -0.2) is 9.59 Å². The predicted octanol–water partition coefficient (Wildman–Crippen LogP) is 3.15. The number of anilines is 1. The minimum atomic E-state index is -1.82. The molecule has 2 amide bonds. The summed E-state index contributed by atoms with van der Waals surface area (Å²) < 4.78 is 18.4. The summed E-state index contributed by atoms with van der Waals surface area (Å²) in [7, 11) is 0. The third-order valence-electron chi connectivity index (χ3n) is 2.16. The van der Waals surface area contributed by atoms with E-state index < -0.39 is 39.9 Å². The molecule has 8 nitrogen and oxygen atoms in total. The number of amides is 2. The van der Waals surface area contributed by atoms with Crippen LogP contribution in [0.4, 0.5) is 25.4 Å². The van der Waals surface area contributed by atoms with Gasteiger partial charge in [0.15, 0.2) is 0 Å². The second-order valence-electron chi connectivity index (χ2n) is 4.96. The Hall–Kier alpha value is -2.71. The molecule has 0 aliphatic carbocycles. The highest BCUT2D eigenvalue weighted by Crippen LogP contribution is 2.31. The Kier molecular flexibility index (Phi) is 4.46. The van der Waals surface area contributed by atoms with Crippen LogP contribution in [0, 0.1) is 15.9 Å². The third-order valence-corrected chi connectivity index (χ3v) is 2.16. The van der Waals surface area contributed by atoms with Crippen molar-refractivity contribution in [1.82, 2.24) is 0 Å². The summed E-state index contributed by atoms with van der Waals surface area (Å²) in [6.07, 6.45) is -3.18. The molecule has 0 aliphatic heterocycles. The fraction of sp³-hybridized carbons (Fsp3) is 0.333. The van der Waals surface area contributed by atoms with Gasteiger partial charge in [-0.05, 0) is 32.9 Å².